The number of piperazine rings is 1. The maximum absolute atomic E-state index is 5.65. The Morgan fingerprint density at radius 1 is 1.23 bits per heavy atom. The van der Waals surface area contributed by atoms with E-state index in [4.69, 9.17) is 12.2 Å². The molecule has 1 aliphatic heterocycles. The summed E-state index contributed by atoms with van der Waals surface area (Å²) in [6, 6.07) is 5.69. The molecule has 1 saturated carbocycles. The molecule has 1 aliphatic carbocycles. The minimum atomic E-state index is 0.297. The van der Waals surface area contributed by atoms with Crippen LogP contribution in [0.3, 0.4) is 0 Å². The lowest BCUT2D eigenvalue weighted by Gasteiger charge is -2.41. The van der Waals surface area contributed by atoms with Crippen molar-refractivity contribution in [2.24, 2.45) is 0 Å². The average molecular weight is 395 g/mol. The molecule has 1 saturated heterocycles. The Hall–Kier alpha value is -0.690. The minimum absolute atomic E-state index is 0.297. The van der Waals surface area contributed by atoms with Gasteiger partial charge in [0.05, 0.1) is 6.04 Å². The highest BCUT2D eigenvalue weighted by atomic mass is 32.1. The molecule has 146 valence electrons. The number of hydrogen-bond donors (Lipinski definition) is 2. The minimum Gasteiger partial charge on any atom is -0.360 e. The second-order valence-electron chi connectivity index (χ2n) is 7.67. The predicted octanol–water partition coefficient (Wildman–Crippen LogP) is 3.61. The summed E-state index contributed by atoms with van der Waals surface area (Å²) in [4.78, 5) is 6.62. The molecule has 2 heterocycles. The zero-order valence-corrected chi connectivity index (χ0v) is 17.9. The summed E-state index contributed by atoms with van der Waals surface area (Å²) in [6.45, 7) is 10.3. The summed E-state index contributed by atoms with van der Waals surface area (Å²) >= 11 is 7.52. The molecule has 1 aromatic heterocycles. The van der Waals surface area contributed by atoms with E-state index < -0.39 is 0 Å². The number of nitrogens with zero attached hydrogens (tertiary/aromatic N) is 2. The highest BCUT2D eigenvalue weighted by Crippen LogP contribution is 2.29. The molecule has 2 fully saturated rings. The number of thiophene rings is 1. The van der Waals surface area contributed by atoms with Gasteiger partial charge in [-0.05, 0) is 50.0 Å². The fourth-order valence-corrected chi connectivity index (χ4v) is 5.64. The third-order valence-corrected chi connectivity index (χ3v) is 7.03. The van der Waals surface area contributed by atoms with Crippen LogP contribution in [-0.2, 0) is 0 Å². The van der Waals surface area contributed by atoms with Gasteiger partial charge in [-0.1, -0.05) is 32.3 Å². The Kier molecular flexibility index (Phi) is 7.73. The molecule has 2 atom stereocenters. The van der Waals surface area contributed by atoms with Gasteiger partial charge in [0.2, 0.25) is 0 Å². The van der Waals surface area contributed by atoms with Crippen LogP contribution < -0.4 is 10.6 Å². The van der Waals surface area contributed by atoms with E-state index in [1.807, 2.05) is 11.3 Å². The van der Waals surface area contributed by atoms with Crippen molar-refractivity contribution in [2.75, 3.05) is 32.7 Å². The van der Waals surface area contributed by atoms with E-state index in [0.29, 0.717) is 18.1 Å². The summed E-state index contributed by atoms with van der Waals surface area (Å²) < 4.78 is 0. The summed E-state index contributed by atoms with van der Waals surface area (Å²) in [6.07, 6.45) is 6.54. The highest BCUT2D eigenvalue weighted by Gasteiger charge is 2.30. The van der Waals surface area contributed by atoms with E-state index >= 15 is 0 Å². The van der Waals surface area contributed by atoms with Crippen molar-refractivity contribution in [1.29, 1.82) is 0 Å². The molecule has 3 rings (SSSR count). The smallest absolute Gasteiger partial charge is 0.166 e. The van der Waals surface area contributed by atoms with Crippen LogP contribution in [0, 0.1) is 0 Å². The number of rotatable bonds is 6. The van der Waals surface area contributed by atoms with Crippen LogP contribution in [-0.4, -0.2) is 59.7 Å². The predicted molar refractivity (Wildman–Crippen MR) is 116 cm³/mol. The van der Waals surface area contributed by atoms with E-state index in [1.54, 1.807) is 0 Å². The summed E-state index contributed by atoms with van der Waals surface area (Å²) in [5.74, 6) is 0. The number of likely N-dealkylation sites (N-methyl/N-ethyl adjacent to an activating group) is 1. The lowest BCUT2D eigenvalue weighted by atomic mass is 9.96. The van der Waals surface area contributed by atoms with Gasteiger partial charge in [0.1, 0.15) is 0 Å². The number of hydrogen-bond acceptors (Lipinski definition) is 4. The van der Waals surface area contributed by atoms with Crippen LogP contribution in [0.25, 0.3) is 0 Å². The SMILES string of the molecule is CCN1CCN([C@@H](c2cccs2)[C@H](C)NC(=S)NC2CCCCC2)CC1. The maximum Gasteiger partial charge on any atom is 0.166 e. The molecule has 0 spiro atoms. The van der Waals surface area contributed by atoms with Gasteiger partial charge in [0, 0.05) is 43.1 Å². The zero-order chi connectivity index (χ0) is 18.4. The monoisotopic (exact) mass is 394 g/mol. The first kappa shape index (κ1) is 20.1. The van der Waals surface area contributed by atoms with Crippen molar-refractivity contribution in [3.05, 3.63) is 22.4 Å². The van der Waals surface area contributed by atoms with Gasteiger partial charge >= 0.3 is 0 Å². The molecule has 0 unspecified atom stereocenters. The fourth-order valence-electron chi connectivity index (χ4n) is 4.32. The molecule has 1 aromatic rings. The molecule has 2 N–H and O–H groups in total. The van der Waals surface area contributed by atoms with Crippen LogP contribution in [0.15, 0.2) is 17.5 Å². The van der Waals surface area contributed by atoms with Crippen LogP contribution >= 0.6 is 23.6 Å². The fraction of sp³-hybridized carbons (Fsp3) is 0.750. The van der Waals surface area contributed by atoms with Gasteiger partial charge in [0.25, 0.3) is 0 Å². The Labute approximate surface area is 168 Å². The molecular weight excluding hydrogens is 360 g/mol. The van der Waals surface area contributed by atoms with E-state index in [9.17, 15) is 0 Å². The van der Waals surface area contributed by atoms with Crippen LogP contribution in [0.4, 0.5) is 0 Å². The normalized spacial score (nSPS) is 22.7. The molecule has 0 aromatic carbocycles. The maximum atomic E-state index is 5.65. The summed E-state index contributed by atoms with van der Waals surface area (Å²) in [7, 11) is 0. The lowest BCUT2D eigenvalue weighted by Crippen LogP contribution is -2.54. The average Bonchev–Trinajstić information content (AvgIpc) is 3.17. The lowest BCUT2D eigenvalue weighted by molar-refractivity contribution is 0.0881. The number of thiocarbonyl (C=S) groups is 1. The third kappa shape index (κ3) is 5.41. The van der Waals surface area contributed by atoms with Gasteiger partial charge in [-0.15, -0.1) is 11.3 Å². The van der Waals surface area contributed by atoms with Crippen LogP contribution in [0.1, 0.15) is 56.9 Å². The molecule has 6 heteroatoms. The zero-order valence-electron chi connectivity index (χ0n) is 16.2. The molecule has 0 amide bonds. The van der Waals surface area contributed by atoms with Crippen molar-refractivity contribution in [3.8, 4) is 0 Å². The molecule has 26 heavy (non-hydrogen) atoms. The van der Waals surface area contributed by atoms with Gasteiger partial charge in [-0.2, -0.15) is 0 Å². The van der Waals surface area contributed by atoms with E-state index in [0.717, 1.165) is 37.8 Å². The van der Waals surface area contributed by atoms with Crippen molar-refractivity contribution in [1.82, 2.24) is 20.4 Å². The molecule has 0 bridgehead atoms. The standard InChI is InChI=1S/C20H34N4S2/c1-3-23-11-13-24(14-12-23)19(18-10-7-15-26-18)16(2)21-20(25)22-17-8-5-4-6-9-17/h7,10,15-17,19H,3-6,8-9,11-14H2,1-2H3,(H2,21,22,25)/t16-,19+/m0/s1. The van der Waals surface area contributed by atoms with Crippen molar-refractivity contribution in [3.63, 3.8) is 0 Å². The van der Waals surface area contributed by atoms with E-state index in [-0.39, 0.29) is 0 Å². The Bertz CT molecular complexity index is 534. The van der Waals surface area contributed by atoms with Crippen molar-refractivity contribution >= 4 is 28.7 Å². The van der Waals surface area contributed by atoms with Gasteiger partial charge in [-0.3, -0.25) is 4.90 Å². The van der Waals surface area contributed by atoms with Gasteiger partial charge < -0.3 is 15.5 Å². The third-order valence-electron chi connectivity index (χ3n) is 5.85. The van der Waals surface area contributed by atoms with E-state index in [1.165, 1.54) is 37.0 Å². The van der Waals surface area contributed by atoms with Crippen LogP contribution in [0.5, 0.6) is 0 Å². The molecular formula is C20H34N4S2. The van der Waals surface area contributed by atoms with Crippen LogP contribution in [0.2, 0.25) is 0 Å². The summed E-state index contributed by atoms with van der Waals surface area (Å²) in [5.41, 5.74) is 0. The summed E-state index contributed by atoms with van der Waals surface area (Å²) in [5, 5.41) is 10.2. The topological polar surface area (TPSA) is 30.5 Å². The van der Waals surface area contributed by atoms with Gasteiger partial charge in [0.15, 0.2) is 5.11 Å². The Morgan fingerprint density at radius 3 is 2.58 bits per heavy atom. The second kappa shape index (κ2) is 10.0. The number of nitrogens with one attached hydrogen (secondary N) is 2. The van der Waals surface area contributed by atoms with Crippen molar-refractivity contribution in [2.45, 2.75) is 64.1 Å². The quantitative estimate of drug-likeness (QED) is 0.720. The largest absolute Gasteiger partial charge is 0.360 e. The van der Waals surface area contributed by atoms with Crippen molar-refractivity contribution < 1.29 is 0 Å². The Balaban J connectivity index is 1.60. The first-order chi connectivity index (χ1) is 12.7. The second-order valence-corrected chi connectivity index (χ2v) is 9.06. The van der Waals surface area contributed by atoms with E-state index in [2.05, 4.69) is 51.8 Å². The highest BCUT2D eigenvalue weighted by molar-refractivity contribution is 7.80. The van der Waals surface area contributed by atoms with Gasteiger partial charge in [-0.25, -0.2) is 0 Å². The first-order valence-corrected chi connectivity index (χ1v) is 11.5. The molecule has 4 nitrogen and oxygen atoms in total. The Morgan fingerprint density at radius 2 is 1.96 bits per heavy atom. The first-order valence-electron chi connectivity index (χ1n) is 10.2. The molecule has 2 aliphatic rings. The molecule has 0 radical (unpaired) electrons.